The van der Waals surface area contributed by atoms with Gasteiger partial charge >= 0.3 is 0 Å². The zero-order valence-corrected chi connectivity index (χ0v) is 20.0. The van der Waals surface area contributed by atoms with Gasteiger partial charge in [-0.1, -0.05) is 15.9 Å². The van der Waals surface area contributed by atoms with Gasteiger partial charge in [-0.25, -0.2) is 4.98 Å². The zero-order chi connectivity index (χ0) is 21.2. The SMILES string of the molecule is CCN(CC)c1ccc(C2N(C)c3cc(Br)ccc3N2CCOC(C)(C)C)cn1. The van der Waals surface area contributed by atoms with Gasteiger partial charge in [-0.2, -0.15) is 0 Å². The Bertz CT molecular complexity index is 815. The number of hydrogen-bond acceptors (Lipinski definition) is 5. The lowest BCUT2D eigenvalue weighted by Gasteiger charge is -2.32. The number of anilines is 3. The van der Waals surface area contributed by atoms with Crippen LogP contribution >= 0.6 is 15.9 Å². The van der Waals surface area contributed by atoms with Crippen LogP contribution < -0.4 is 14.7 Å². The monoisotopic (exact) mass is 460 g/mol. The highest BCUT2D eigenvalue weighted by molar-refractivity contribution is 9.10. The first-order valence-electron chi connectivity index (χ1n) is 10.4. The Morgan fingerprint density at radius 3 is 2.41 bits per heavy atom. The maximum atomic E-state index is 6.04. The van der Waals surface area contributed by atoms with Gasteiger partial charge in [0.2, 0.25) is 0 Å². The van der Waals surface area contributed by atoms with Gasteiger partial charge in [0, 0.05) is 42.9 Å². The Kier molecular flexibility index (Phi) is 6.74. The molecule has 0 bridgehead atoms. The summed E-state index contributed by atoms with van der Waals surface area (Å²) < 4.78 is 7.13. The van der Waals surface area contributed by atoms with Crippen LogP contribution in [-0.4, -0.2) is 43.9 Å². The van der Waals surface area contributed by atoms with Crippen LogP contribution in [0.1, 0.15) is 46.3 Å². The van der Waals surface area contributed by atoms with Crippen LogP contribution in [0.15, 0.2) is 41.0 Å². The van der Waals surface area contributed by atoms with E-state index in [1.165, 1.54) is 16.9 Å². The van der Waals surface area contributed by atoms with Crippen LogP contribution in [0.3, 0.4) is 0 Å². The molecule has 0 amide bonds. The topological polar surface area (TPSA) is 31.8 Å². The van der Waals surface area contributed by atoms with Gasteiger partial charge in [-0.15, -0.1) is 0 Å². The molecule has 0 spiro atoms. The second-order valence-corrected chi connectivity index (χ2v) is 9.31. The number of fused-ring (bicyclic) bond motifs is 1. The fourth-order valence-electron chi connectivity index (χ4n) is 3.88. The average Bonchev–Trinajstić information content (AvgIpc) is 2.94. The molecule has 6 heteroatoms. The van der Waals surface area contributed by atoms with Crippen molar-refractivity contribution in [1.29, 1.82) is 0 Å². The van der Waals surface area contributed by atoms with E-state index in [0.29, 0.717) is 6.61 Å². The van der Waals surface area contributed by atoms with E-state index in [4.69, 9.17) is 9.72 Å². The lowest BCUT2D eigenvalue weighted by atomic mass is 10.2. The van der Waals surface area contributed by atoms with Crippen LogP contribution in [0.2, 0.25) is 0 Å². The minimum Gasteiger partial charge on any atom is -0.374 e. The summed E-state index contributed by atoms with van der Waals surface area (Å²) in [7, 11) is 2.15. The summed E-state index contributed by atoms with van der Waals surface area (Å²) in [5.74, 6) is 1.03. The normalized spacial score (nSPS) is 16.3. The van der Waals surface area contributed by atoms with Crippen molar-refractivity contribution < 1.29 is 4.74 Å². The van der Waals surface area contributed by atoms with E-state index in [9.17, 15) is 0 Å². The lowest BCUT2D eigenvalue weighted by Crippen LogP contribution is -2.37. The molecule has 1 aromatic carbocycles. The molecular weight excluding hydrogens is 428 g/mol. The second-order valence-electron chi connectivity index (χ2n) is 8.39. The maximum Gasteiger partial charge on any atom is 0.129 e. The standard InChI is InChI=1S/C23H33BrN4O/c1-7-27(8-2)21-12-9-17(16-25-21)22-26(6)20-15-18(24)10-11-19(20)28(22)13-14-29-23(3,4)5/h9-12,15-16,22H,7-8,13-14H2,1-6H3. The molecule has 3 rings (SSSR count). The Morgan fingerprint density at radius 1 is 1.10 bits per heavy atom. The molecule has 1 unspecified atom stereocenters. The molecule has 0 aliphatic carbocycles. The Morgan fingerprint density at radius 2 is 1.83 bits per heavy atom. The third kappa shape index (κ3) is 4.86. The van der Waals surface area contributed by atoms with Crippen LogP contribution in [0.25, 0.3) is 0 Å². The number of pyridine rings is 1. The van der Waals surface area contributed by atoms with Crippen LogP contribution in [0.4, 0.5) is 17.2 Å². The third-order valence-corrected chi connectivity index (χ3v) is 5.81. The summed E-state index contributed by atoms with van der Waals surface area (Å²) in [6, 6.07) is 10.8. The molecule has 2 aromatic rings. The summed E-state index contributed by atoms with van der Waals surface area (Å²) in [6.07, 6.45) is 2.12. The highest BCUT2D eigenvalue weighted by Crippen LogP contribution is 2.46. The molecule has 0 radical (unpaired) electrons. The summed E-state index contributed by atoms with van der Waals surface area (Å²) >= 11 is 3.62. The molecule has 1 atom stereocenters. The maximum absolute atomic E-state index is 6.04. The van der Waals surface area contributed by atoms with Gasteiger partial charge in [-0.05, 0) is 65.0 Å². The minimum atomic E-state index is -0.142. The van der Waals surface area contributed by atoms with Crippen molar-refractivity contribution in [3.8, 4) is 0 Å². The first-order chi connectivity index (χ1) is 13.7. The molecule has 1 aliphatic heterocycles. The van der Waals surface area contributed by atoms with Crippen LogP contribution in [0, 0.1) is 0 Å². The number of hydrogen-bond donors (Lipinski definition) is 0. The summed E-state index contributed by atoms with van der Waals surface area (Å²) in [6.45, 7) is 14.0. The van der Waals surface area contributed by atoms with E-state index in [1.807, 2.05) is 6.20 Å². The molecule has 0 fully saturated rings. The Balaban J connectivity index is 1.90. The van der Waals surface area contributed by atoms with Gasteiger partial charge in [0.05, 0.1) is 23.6 Å². The van der Waals surface area contributed by atoms with Crippen LogP contribution in [-0.2, 0) is 4.74 Å². The molecule has 0 saturated heterocycles. The predicted octanol–water partition coefficient (Wildman–Crippen LogP) is 5.46. The first kappa shape index (κ1) is 21.9. The number of nitrogens with zero attached hydrogens (tertiary/aromatic N) is 4. The molecule has 0 N–H and O–H groups in total. The van der Waals surface area contributed by atoms with E-state index in [1.54, 1.807) is 0 Å². The number of rotatable bonds is 7. The van der Waals surface area contributed by atoms with Gasteiger partial charge in [0.15, 0.2) is 0 Å². The van der Waals surface area contributed by atoms with Crippen molar-refractivity contribution >= 4 is 33.1 Å². The molecule has 158 valence electrons. The molecule has 2 heterocycles. The fraction of sp³-hybridized carbons (Fsp3) is 0.522. The Labute approximate surface area is 183 Å². The minimum absolute atomic E-state index is 0.0983. The molecule has 0 saturated carbocycles. The van der Waals surface area contributed by atoms with E-state index in [-0.39, 0.29) is 11.8 Å². The number of halogens is 1. The summed E-state index contributed by atoms with van der Waals surface area (Å²) in [4.78, 5) is 11.8. The van der Waals surface area contributed by atoms with E-state index < -0.39 is 0 Å². The van der Waals surface area contributed by atoms with Gasteiger partial charge < -0.3 is 19.4 Å². The number of benzene rings is 1. The van der Waals surface area contributed by atoms with Crippen molar-refractivity contribution in [2.24, 2.45) is 0 Å². The van der Waals surface area contributed by atoms with Crippen molar-refractivity contribution in [1.82, 2.24) is 4.98 Å². The lowest BCUT2D eigenvalue weighted by molar-refractivity contribution is 0.000967. The van der Waals surface area contributed by atoms with Gasteiger partial charge in [-0.3, -0.25) is 0 Å². The number of aromatic nitrogens is 1. The van der Waals surface area contributed by atoms with Crippen LogP contribution in [0.5, 0.6) is 0 Å². The summed E-state index contributed by atoms with van der Waals surface area (Å²) in [5.41, 5.74) is 3.49. The van der Waals surface area contributed by atoms with Gasteiger partial charge in [0.25, 0.3) is 0 Å². The molecule has 1 aromatic heterocycles. The highest BCUT2D eigenvalue weighted by Gasteiger charge is 2.35. The van der Waals surface area contributed by atoms with Gasteiger partial charge in [0.1, 0.15) is 12.0 Å². The summed E-state index contributed by atoms with van der Waals surface area (Å²) in [5, 5.41) is 0. The van der Waals surface area contributed by atoms with Crippen molar-refractivity contribution in [3.63, 3.8) is 0 Å². The molecule has 5 nitrogen and oxygen atoms in total. The third-order valence-electron chi connectivity index (χ3n) is 5.31. The first-order valence-corrected chi connectivity index (χ1v) is 11.2. The predicted molar refractivity (Wildman–Crippen MR) is 126 cm³/mol. The smallest absolute Gasteiger partial charge is 0.129 e. The largest absolute Gasteiger partial charge is 0.374 e. The average molecular weight is 461 g/mol. The zero-order valence-electron chi connectivity index (χ0n) is 18.4. The number of ether oxygens (including phenoxy) is 1. The van der Waals surface area contributed by atoms with E-state index in [2.05, 4.69) is 103 Å². The van der Waals surface area contributed by atoms with E-state index >= 15 is 0 Å². The van der Waals surface area contributed by atoms with E-state index in [0.717, 1.165) is 29.9 Å². The molecular formula is C23H33BrN4O. The van der Waals surface area contributed by atoms with Crippen molar-refractivity contribution in [2.75, 3.05) is 48.0 Å². The molecule has 29 heavy (non-hydrogen) atoms. The molecule has 1 aliphatic rings. The Hall–Kier alpha value is -1.79. The second kappa shape index (κ2) is 8.92. The fourth-order valence-corrected chi connectivity index (χ4v) is 4.22. The quantitative estimate of drug-likeness (QED) is 0.547. The van der Waals surface area contributed by atoms with Crippen molar-refractivity contribution in [2.45, 2.75) is 46.4 Å². The highest BCUT2D eigenvalue weighted by atomic mass is 79.9. The van der Waals surface area contributed by atoms with Crippen molar-refractivity contribution in [3.05, 3.63) is 46.6 Å².